The zero-order valence-corrected chi connectivity index (χ0v) is 9.85. The molecule has 1 fully saturated rings. The highest BCUT2D eigenvalue weighted by atomic mass is 16.6. The smallest absolute Gasteiger partial charge is 0.304 e. The van der Waals surface area contributed by atoms with Crippen molar-refractivity contribution in [1.29, 1.82) is 0 Å². The lowest BCUT2D eigenvalue weighted by atomic mass is 10.1. The molecule has 0 saturated carbocycles. The number of carbonyl (C=O) groups excluding carboxylic acids is 1. The third-order valence-corrected chi connectivity index (χ3v) is 2.44. The van der Waals surface area contributed by atoms with Gasteiger partial charge in [-0.3, -0.25) is 4.79 Å². The number of esters is 1. The molecule has 1 heterocycles. The van der Waals surface area contributed by atoms with Crippen LogP contribution >= 0.6 is 0 Å². The summed E-state index contributed by atoms with van der Waals surface area (Å²) in [5, 5.41) is 0. The number of nitrogens with one attached hydrogen (secondary N) is 1. The first-order valence-corrected chi connectivity index (χ1v) is 5.53. The molecule has 1 saturated heterocycles. The molecule has 0 aliphatic carbocycles. The lowest BCUT2D eigenvalue weighted by Crippen LogP contribution is -3.09. The molecule has 3 heteroatoms. The summed E-state index contributed by atoms with van der Waals surface area (Å²) in [4.78, 5) is 12.3. The van der Waals surface area contributed by atoms with Gasteiger partial charge in [0.2, 0.25) is 0 Å². The van der Waals surface area contributed by atoms with Crippen molar-refractivity contribution in [2.75, 3.05) is 19.6 Å². The average molecular weight is 210 g/mol. The standard InChI is InChI=1S/C12H19NO2/c1-11(14)15-12(2,3)7-6-10-13-8-4-5-9-13/h4-5,8-10H2,1-3H3/p+1. The molecule has 1 rings (SSSR count). The van der Waals surface area contributed by atoms with Crippen LogP contribution in [0.5, 0.6) is 0 Å². The molecule has 1 aliphatic heterocycles. The highest BCUT2D eigenvalue weighted by molar-refractivity contribution is 5.66. The van der Waals surface area contributed by atoms with E-state index in [1.807, 2.05) is 13.8 Å². The molecule has 84 valence electrons. The molecular formula is C12H20NO2+. The second-order valence-corrected chi connectivity index (χ2v) is 4.54. The lowest BCUT2D eigenvalue weighted by Gasteiger charge is -2.17. The van der Waals surface area contributed by atoms with Gasteiger partial charge >= 0.3 is 5.97 Å². The number of quaternary nitrogens is 1. The normalized spacial score (nSPS) is 17.0. The van der Waals surface area contributed by atoms with E-state index in [0.717, 1.165) is 6.54 Å². The van der Waals surface area contributed by atoms with E-state index in [0.29, 0.717) is 0 Å². The molecule has 0 aromatic carbocycles. The van der Waals surface area contributed by atoms with Gasteiger partial charge in [-0.2, -0.15) is 0 Å². The topological polar surface area (TPSA) is 30.7 Å². The Morgan fingerprint density at radius 3 is 2.53 bits per heavy atom. The van der Waals surface area contributed by atoms with Crippen LogP contribution in [0.25, 0.3) is 0 Å². The minimum atomic E-state index is -0.648. The Kier molecular flexibility index (Phi) is 4.16. The van der Waals surface area contributed by atoms with Crippen LogP contribution in [0.1, 0.15) is 33.6 Å². The van der Waals surface area contributed by atoms with Crippen molar-refractivity contribution in [2.45, 2.75) is 39.2 Å². The quantitative estimate of drug-likeness (QED) is 0.514. The summed E-state index contributed by atoms with van der Waals surface area (Å²) < 4.78 is 5.08. The second kappa shape index (κ2) is 5.18. The van der Waals surface area contributed by atoms with Crippen LogP contribution in [0.2, 0.25) is 0 Å². The summed E-state index contributed by atoms with van der Waals surface area (Å²) in [6.07, 6.45) is 2.62. The summed E-state index contributed by atoms with van der Waals surface area (Å²) in [5.41, 5.74) is -0.648. The van der Waals surface area contributed by atoms with Crippen LogP contribution in [-0.4, -0.2) is 31.2 Å². The maximum absolute atomic E-state index is 10.8. The Hall–Kier alpha value is -1.01. The SMILES string of the molecule is CC(=O)OC(C)(C)C#CC[NH+]1CCCC1. The molecule has 0 bridgehead atoms. The molecular weight excluding hydrogens is 190 g/mol. The van der Waals surface area contributed by atoms with Crippen molar-refractivity contribution in [2.24, 2.45) is 0 Å². The van der Waals surface area contributed by atoms with E-state index in [4.69, 9.17) is 4.74 Å². The fourth-order valence-corrected chi connectivity index (χ4v) is 1.82. The van der Waals surface area contributed by atoms with Crippen LogP contribution in [0.3, 0.4) is 0 Å². The number of likely N-dealkylation sites (tertiary alicyclic amines) is 1. The Bertz CT molecular complexity index is 280. The van der Waals surface area contributed by atoms with Gasteiger partial charge in [0, 0.05) is 19.8 Å². The predicted octanol–water partition coefficient (Wildman–Crippen LogP) is 0.0102. The molecule has 1 aliphatic rings. The summed E-state index contributed by atoms with van der Waals surface area (Å²) in [6, 6.07) is 0. The van der Waals surface area contributed by atoms with Gasteiger partial charge in [0.05, 0.1) is 13.1 Å². The molecule has 3 nitrogen and oxygen atoms in total. The highest BCUT2D eigenvalue weighted by Crippen LogP contribution is 2.06. The van der Waals surface area contributed by atoms with Gasteiger partial charge in [0.15, 0.2) is 5.60 Å². The number of rotatable bonds is 2. The van der Waals surface area contributed by atoms with Crippen LogP contribution in [0.4, 0.5) is 0 Å². The third kappa shape index (κ3) is 4.85. The van der Waals surface area contributed by atoms with Gasteiger partial charge in [-0.25, -0.2) is 0 Å². The van der Waals surface area contributed by atoms with E-state index in [1.54, 1.807) is 4.90 Å². The molecule has 0 aromatic rings. The van der Waals surface area contributed by atoms with Crippen molar-refractivity contribution < 1.29 is 14.4 Å². The number of hydrogen-bond donors (Lipinski definition) is 1. The van der Waals surface area contributed by atoms with E-state index in [1.165, 1.54) is 32.9 Å². The van der Waals surface area contributed by atoms with Crippen molar-refractivity contribution >= 4 is 5.97 Å². The molecule has 0 spiro atoms. The number of hydrogen-bond acceptors (Lipinski definition) is 2. The molecule has 15 heavy (non-hydrogen) atoms. The van der Waals surface area contributed by atoms with Crippen molar-refractivity contribution in [3.8, 4) is 11.8 Å². The van der Waals surface area contributed by atoms with E-state index >= 15 is 0 Å². The van der Waals surface area contributed by atoms with E-state index in [-0.39, 0.29) is 5.97 Å². The average Bonchev–Trinajstić information content (AvgIpc) is 2.53. The molecule has 0 radical (unpaired) electrons. The van der Waals surface area contributed by atoms with Gasteiger partial charge in [-0.05, 0) is 19.8 Å². The largest absolute Gasteiger partial charge is 0.447 e. The van der Waals surface area contributed by atoms with Crippen molar-refractivity contribution in [3.05, 3.63) is 0 Å². The molecule has 0 amide bonds. The summed E-state index contributed by atoms with van der Waals surface area (Å²) in [5.74, 6) is 5.84. The Morgan fingerprint density at radius 1 is 1.40 bits per heavy atom. The maximum atomic E-state index is 10.8. The summed E-state index contributed by atoms with van der Waals surface area (Å²) >= 11 is 0. The Labute approximate surface area is 91.8 Å². The minimum Gasteiger partial charge on any atom is -0.447 e. The Balaban J connectivity index is 2.37. The minimum absolute atomic E-state index is 0.275. The van der Waals surface area contributed by atoms with E-state index in [9.17, 15) is 4.79 Å². The molecule has 0 atom stereocenters. The zero-order chi connectivity index (χ0) is 11.3. The Morgan fingerprint density at radius 2 is 2.00 bits per heavy atom. The number of ether oxygens (including phenoxy) is 1. The first-order valence-electron chi connectivity index (χ1n) is 5.53. The third-order valence-electron chi connectivity index (χ3n) is 2.44. The van der Waals surface area contributed by atoms with Gasteiger partial charge in [0.25, 0.3) is 0 Å². The first kappa shape index (κ1) is 12.1. The fraction of sp³-hybridized carbons (Fsp3) is 0.750. The van der Waals surface area contributed by atoms with E-state index in [2.05, 4.69) is 11.8 Å². The van der Waals surface area contributed by atoms with Crippen molar-refractivity contribution in [1.82, 2.24) is 0 Å². The van der Waals surface area contributed by atoms with Crippen LogP contribution in [-0.2, 0) is 9.53 Å². The predicted molar refractivity (Wildman–Crippen MR) is 58.4 cm³/mol. The maximum Gasteiger partial charge on any atom is 0.304 e. The van der Waals surface area contributed by atoms with Crippen molar-refractivity contribution in [3.63, 3.8) is 0 Å². The first-order chi connectivity index (χ1) is 6.99. The molecule has 0 unspecified atom stereocenters. The van der Waals surface area contributed by atoms with Crippen LogP contribution < -0.4 is 4.90 Å². The highest BCUT2D eigenvalue weighted by Gasteiger charge is 2.18. The van der Waals surface area contributed by atoms with Gasteiger partial charge in [0.1, 0.15) is 6.54 Å². The van der Waals surface area contributed by atoms with Crippen LogP contribution in [0, 0.1) is 11.8 Å². The lowest BCUT2D eigenvalue weighted by molar-refractivity contribution is -0.879. The number of carbonyl (C=O) groups is 1. The molecule has 1 N–H and O–H groups in total. The molecule has 0 aromatic heterocycles. The van der Waals surface area contributed by atoms with Gasteiger partial charge in [-0.15, -0.1) is 0 Å². The second-order valence-electron chi connectivity index (χ2n) is 4.54. The summed E-state index contributed by atoms with van der Waals surface area (Å²) in [7, 11) is 0. The monoisotopic (exact) mass is 210 g/mol. The summed E-state index contributed by atoms with van der Waals surface area (Å²) in [6.45, 7) is 8.37. The van der Waals surface area contributed by atoms with Crippen LogP contribution in [0.15, 0.2) is 0 Å². The fourth-order valence-electron chi connectivity index (χ4n) is 1.82. The van der Waals surface area contributed by atoms with E-state index < -0.39 is 5.60 Å². The zero-order valence-electron chi connectivity index (χ0n) is 9.85. The van der Waals surface area contributed by atoms with Gasteiger partial charge in [-0.1, -0.05) is 5.92 Å². The van der Waals surface area contributed by atoms with Gasteiger partial charge < -0.3 is 9.64 Å².